The van der Waals surface area contributed by atoms with E-state index in [0.717, 1.165) is 41.3 Å². The smallest absolute Gasteiger partial charge is 0.279 e. The first-order valence-corrected chi connectivity index (χ1v) is 9.61. The van der Waals surface area contributed by atoms with Gasteiger partial charge in [-0.3, -0.25) is 14.9 Å². The Morgan fingerprint density at radius 1 is 1.28 bits per heavy atom. The van der Waals surface area contributed by atoms with E-state index in [1.165, 1.54) is 18.2 Å². The average Bonchev–Trinajstić information content (AvgIpc) is 3.16. The number of rotatable bonds is 7. The average molecular weight is 421 g/mol. The lowest BCUT2D eigenvalue weighted by Gasteiger charge is -2.23. The summed E-state index contributed by atoms with van der Waals surface area (Å²) in [7, 11) is 3.25. The first-order chi connectivity index (χ1) is 13.9. The zero-order valence-electron chi connectivity index (χ0n) is 16.2. The van der Waals surface area contributed by atoms with E-state index in [1.807, 2.05) is 18.2 Å². The number of carbonyl (C=O) groups is 1. The van der Waals surface area contributed by atoms with Gasteiger partial charge in [-0.2, -0.15) is 0 Å². The largest absolute Gasteiger partial charge is 0.497 e. The van der Waals surface area contributed by atoms with Crippen LogP contribution in [0.1, 0.15) is 24.4 Å². The lowest BCUT2D eigenvalue weighted by atomic mass is 10.0. The Morgan fingerprint density at radius 3 is 2.72 bits per heavy atom. The summed E-state index contributed by atoms with van der Waals surface area (Å²) in [4.78, 5) is 24.0. The standard InChI is InChI=1S/C20H22ClN3O5/c1-28-14-6-8-19(29-2)15(11-14)18-4-3-9-23(18)12-20(25)22-17-7-5-13(24(26)27)10-16(17)21/h5-8,10-11,18H,3-4,9,12H2,1-2H3,(H,22,25)/p+1/t18-/m1/s1. The first kappa shape index (κ1) is 20.9. The first-order valence-electron chi connectivity index (χ1n) is 9.23. The number of methoxy groups -OCH3 is 2. The number of ether oxygens (including phenoxy) is 2. The second kappa shape index (κ2) is 9.11. The molecular formula is C20H23ClN3O5+. The second-order valence-electron chi connectivity index (χ2n) is 6.86. The van der Waals surface area contributed by atoms with Crippen molar-refractivity contribution in [3.05, 3.63) is 57.1 Å². The van der Waals surface area contributed by atoms with Gasteiger partial charge in [0.2, 0.25) is 0 Å². The molecule has 2 aromatic carbocycles. The van der Waals surface area contributed by atoms with E-state index in [1.54, 1.807) is 14.2 Å². The van der Waals surface area contributed by atoms with E-state index in [4.69, 9.17) is 21.1 Å². The Morgan fingerprint density at radius 2 is 2.07 bits per heavy atom. The second-order valence-corrected chi connectivity index (χ2v) is 7.26. The summed E-state index contributed by atoms with van der Waals surface area (Å²) in [5.74, 6) is 1.31. The number of non-ortho nitro benzene ring substituents is 1. The van der Waals surface area contributed by atoms with Crippen molar-refractivity contribution in [2.45, 2.75) is 18.9 Å². The molecule has 0 bridgehead atoms. The van der Waals surface area contributed by atoms with Crippen molar-refractivity contribution < 1.29 is 24.1 Å². The van der Waals surface area contributed by atoms with Gasteiger partial charge in [-0.25, -0.2) is 0 Å². The van der Waals surface area contributed by atoms with Crippen LogP contribution in [0.5, 0.6) is 11.5 Å². The fourth-order valence-corrected chi connectivity index (χ4v) is 3.95. The number of nitro benzene ring substituents is 1. The number of benzene rings is 2. The van der Waals surface area contributed by atoms with E-state index in [2.05, 4.69) is 5.32 Å². The van der Waals surface area contributed by atoms with Gasteiger partial charge in [0.15, 0.2) is 6.54 Å². The Hall–Kier alpha value is -2.84. The molecule has 1 heterocycles. The van der Waals surface area contributed by atoms with Crippen molar-refractivity contribution in [2.24, 2.45) is 0 Å². The number of likely N-dealkylation sites (tertiary alicyclic amines) is 1. The molecule has 2 atom stereocenters. The van der Waals surface area contributed by atoms with Crippen molar-refractivity contribution in [3.8, 4) is 11.5 Å². The van der Waals surface area contributed by atoms with Gasteiger partial charge in [0.1, 0.15) is 17.5 Å². The molecule has 9 heteroatoms. The third kappa shape index (κ3) is 4.78. The maximum absolute atomic E-state index is 12.6. The van der Waals surface area contributed by atoms with E-state index >= 15 is 0 Å². The molecule has 1 aliphatic rings. The van der Waals surface area contributed by atoms with Gasteiger partial charge in [-0.1, -0.05) is 11.6 Å². The van der Waals surface area contributed by atoms with Gasteiger partial charge in [0, 0.05) is 25.0 Å². The van der Waals surface area contributed by atoms with Crippen LogP contribution in [0.3, 0.4) is 0 Å². The number of hydrogen-bond donors (Lipinski definition) is 2. The van der Waals surface area contributed by atoms with Crippen molar-refractivity contribution in [2.75, 3.05) is 32.6 Å². The van der Waals surface area contributed by atoms with E-state index in [0.29, 0.717) is 5.69 Å². The van der Waals surface area contributed by atoms with Crippen LogP contribution < -0.4 is 19.7 Å². The summed E-state index contributed by atoms with van der Waals surface area (Å²) in [5.41, 5.74) is 1.25. The predicted octanol–water partition coefficient (Wildman–Crippen LogP) is 2.62. The maximum Gasteiger partial charge on any atom is 0.279 e. The lowest BCUT2D eigenvalue weighted by molar-refractivity contribution is -0.910. The molecule has 2 N–H and O–H groups in total. The van der Waals surface area contributed by atoms with Crippen LogP contribution in [0.2, 0.25) is 5.02 Å². The van der Waals surface area contributed by atoms with Gasteiger partial charge in [-0.05, 0) is 24.3 Å². The Bertz CT molecular complexity index is 921. The van der Waals surface area contributed by atoms with Gasteiger partial charge < -0.3 is 19.7 Å². The Labute approximate surface area is 173 Å². The minimum atomic E-state index is -0.530. The zero-order valence-corrected chi connectivity index (χ0v) is 17.0. The summed E-state index contributed by atoms with van der Waals surface area (Å²) in [5, 5.41) is 13.7. The van der Waals surface area contributed by atoms with Crippen LogP contribution in [0.15, 0.2) is 36.4 Å². The minimum Gasteiger partial charge on any atom is -0.497 e. The third-order valence-corrected chi connectivity index (χ3v) is 5.43. The van der Waals surface area contributed by atoms with Crippen LogP contribution in [0.25, 0.3) is 0 Å². The van der Waals surface area contributed by atoms with Gasteiger partial charge in [0.25, 0.3) is 11.6 Å². The zero-order chi connectivity index (χ0) is 21.0. The number of nitrogens with one attached hydrogen (secondary N) is 2. The number of anilines is 1. The van der Waals surface area contributed by atoms with Crippen molar-refractivity contribution >= 4 is 28.9 Å². The number of nitrogens with zero attached hydrogens (tertiary/aromatic N) is 1. The predicted molar refractivity (Wildman–Crippen MR) is 109 cm³/mol. The third-order valence-electron chi connectivity index (χ3n) is 5.12. The number of nitro groups is 1. The summed E-state index contributed by atoms with van der Waals surface area (Å²) < 4.78 is 10.9. The van der Waals surface area contributed by atoms with Crippen LogP contribution in [-0.2, 0) is 4.79 Å². The molecule has 1 fully saturated rings. The topological polar surface area (TPSA) is 95.1 Å². The van der Waals surface area contributed by atoms with Gasteiger partial charge >= 0.3 is 0 Å². The number of carbonyl (C=O) groups excluding carboxylic acids is 1. The summed E-state index contributed by atoms with van der Waals surface area (Å²) >= 11 is 6.08. The maximum atomic E-state index is 12.6. The molecule has 29 heavy (non-hydrogen) atoms. The quantitative estimate of drug-likeness (QED) is 0.530. The van der Waals surface area contributed by atoms with E-state index < -0.39 is 4.92 Å². The van der Waals surface area contributed by atoms with Crippen LogP contribution in [0.4, 0.5) is 11.4 Å². The molecule has 0 radical (unpaired) electrons. The number of amides is 1. The highest BCUT2D eigenvalue weighted by Crippen LogP contribution is 2.32. The summed E-state index contributed by atoms with van der Waals surface area (Å²) in [6, 6.07) is 9.78. The van der Waals surface area contributed by atoms with Crippen LogP contribution in [0, 0.1) is 10.1 Å². The fraction of sp³-hybridized carbons (Fsp3) is 0.350. The molecule has 1 amide bonds. The Kier molecular flexibility index (Phi) is 6.56. The monoisotopic (exact) mass is 420 g/mol. The molecule has 0 spiro atoms. The fourth-order valence-electron chi connectivity index (χ4n) is 3.73. The van der Waals surface area contributed by atoms with Crippen LogP contribution in [-0.4, -0.2) is 38.1 Å². The van der Waals surface area contributed by atoms with Crippen LogP contribution >= 0.6 is 11.6 Å². The van der Waals surface area contributed by atoms with Crippen molar-refractivity contribution in [3.63, 3.8) is 0 Å². The Balaban J connectivity index is 1.73. The molecule has 3 rings (SSSR count). The summed E-state index contributed by atoms with van der Waals surface area (Å²) in [6.45, 7) is 1.10. The molecular weight excluding hydrogens is 398 g/mol. The molecule has 0 aliphatic carbocycles. The van der Waals surface area contributed by atoms with E-state index in [9.17, 15) is 14.9 Å². The number of hydrogen-bond acceptors (Lipinski definition) is 5. The molecule has 1 aliphatic heterocycles. The molecule has 2 aromatic rings. The lowest BCUT2D eigenvalue weighted by Crippen LogP contribution is -3.11. The highest BCUT2D eigenvalue weighted by molar-refractivity contribution is 6.34. The molecule has 0 saturated carbocycles. The summed E-state index contributed by atoms with van der Waals surface area (Å²) in [6.07, 6.45) is 1.93. The van der Waals surface area contributed by atoms with E-state index in [-0.39, 0.29) is 29.2 Å². The number of halogens is 1. The van der Waals surface area contributed by atoms with Gasteiger partial charge in [0.05, 0.1) is 42.0 Å². The minimum absolute atomic E-state index is 0.109. The molecule has 1 saturated heterocycles. The SMILES string of the molecule is COc1ccc(OC)c([C@H]2CCC[NH+]2CC(=O)Nc2ccc([N+](=O)[O-])cc2Cl)c1. The highest BCUT2D eigenvalue weighted by atomic mass is 35.5. The molecule has 1 unspecified atom stereocenters. The molecule has 0 aromatic heterocycles. The molecule has 8 nitrogen and oxygen atoms in total. The van der Waals surface area contributed by atoms with Crippen molar-refractivity contribution in [1.29, 1.82) is 0 Å². The molecule has 154 valence electrons. The van der Waals surface area contributed by atoms with Gasteiger partial charge in [-0.15, -0.1) is 0 Å². The number of quaternary nitrogens is 1. The highest BCUT2D eigenvalue weighted by Gasteiger charge is 2.34. The normalized spacial score (nSPS) is 18.3. The van der Waals surface area contributed by atoms with Crippen molar-refractivity contribution in [1.82, 2.24) is 0 Å².